The zero-order chi connectivity index (χ0) is 15.6. The van der Waals surface area contributed by atoms with E-state index in [0.29, 0.717) is 11.8 Å². The van der Waals surface area contributed by atoms with E-state index < -0.39 is 6.17 Å². The summed E-state index contributed by atoms with van der Waals surface area (Å²) in [7, 11) is 0. The summed E-state index contributed by atoms with van der Waals surface area (Å²) in [5.74, 6) is 9.12. The van der Waals surface area contributed by atoms with Crippen LogP contribution in [0.3, 0.4) is 0 Å². The monoisotopic (exact) mass is 306 g/mol. The summed E-state index contributed by atoms with van der Waals surface area (Å²) >= 11 is 0. The molecule has 0 aromatic rings. The largest absolute Gasteiger partial charge is 0.247 e. The van der Waals surface area contributed by atoms with Gasteiger partial charge in [-0.3, -0.25) is 0 Å². The minimum atomic E-state index is -0.550. The van der Waals surface area contributed by atoms with Crippen LogP contribution in [-0.4, -0.2) is 6.17 Å². The highest BCUT2D eigenvalue weighted by Gasteiger charge is 2.21. The lowest BCUT2D eigenvalue weighted by atomic mass is 9.79. The standard InChI is InChI=1S/C21H35F/c1-2-3-4-5-6-7-18-8-10-19(11-9-18)12-13-20-14-16-21(22)17-15-20/h18-21H,2-11,14-17H2,1H3. The number of hydrogen-bond acceptors (Lipinski definition) is 0. The summed E-state index contributed by atoms with van der Waals surface area (Å²) in [5.41, 5.74) is 0. The first-order chi connectivity index (χ1) is 10.8. The average Bonchev–Trinajstić information content (AvgIpc) is 2.55. The zero-order valence-electron chi connectivity index (χ0n) is 14.6. The summed E-state index contributed by atoms with van der Waals surface area (Å²) in [4.78, 5) is 0. The van der Waals surface area contributed by atoms with E-state index in [-0.39, 0.29) is 0 Å². The first-order valence-corrected chi connectivity index (χ1v) is 9.93. The Morgan fingerprint density at radius 2 is 1.27 bits per heavy atom. The molecule has 0 unspecified atom stereocenters. The van der Waals surface area contributed by atoms with Crippen LogP contribution in [0.25, 0.3) is 0 Å². The molecule has 0 bridgehead atoms. The number of rotatable bonds is 6. The number of hydrogen-bond donors (Lipinski definition) is 0. The van der Waals surface area contributed by atoms with E-state index >= 15 is 0 Å². The Morgan fingerprint density at radius 1 is 0.727 bits per heavy atom. The van der Waals surface area contributed by atoms with Crippen molar-refractivity contribution in [3.63, 3.8) is 0 Å². The van der Waals surface area contributed by atoms with Gasteiger partial charge in [-0.15, -0.1) is 0 Å². The molecule has 0 nitrogen and oxygen atoms in total. The Hall–Kier alpha value is -0.510. The average molecular weight is 307 g/mol. The maximum Gasteiger partial charge on any atom is 0.100 e. The molecule has 0 saturated heterocycles. The second kappa shape index (κ2) is 10.3. The van der Waals surface area contributed by atoms with Gasteiger partial charge in [-0.1, -0.05) is 57.3 Å². The minimum absolute atomic E-state index is 0.489. The Bertz CT molecular complexity index is 335. The van der Waals surface area contributed by atoms with Crippen LogP contribution in [0, 0.1) is 29.6 Å². The maximum absolute atomic E-state index is 13.1. The fourth-order valence-electron chi connectivity index (χ4n) is 4.06. The Morgan fingerprint density at radius 3 is 1.86 bits per heavy atom. The van der Waals surface area contributed by atoms with Crippen molar-refractivity contribution in [1.82, 2.24) is 0 Å². The smallest absolute Gasteiger partial charge is 0.100 e. The molecule has 0 amide bonds. The number of unbranched alkanes of at least 4 members (excludes halogenated alkanes) is 4. The van der Waals surface area contributed by atoms with Gasteiger partial charge in [0, 0.05) is 11.8 Å². The van der Waals surface area contributed by atoms with Crippen LogP contribution < -0.4 is 0 Å². The van der Waals surface area contributed by atoms with Crippen LogP contribution in [0.1, 0.15) is 96.8 Å². The quantitative estimate of drug-likeness (QED) is 0.379. The molecule has 0 aromatic heterocycles. The molecule has 1 heteroatoms. The van der Waals surface area contributed by atoms with Gasteiger partial charge in [0.25, 0.3) is 0 Å². The molecule has 22 heavy (non-hydrogen) atoms. The molecule has 0 N–H and O–H groups in total. The topological polar surface area (TPSA) is 0 Å². The fourth-order valence-corrected chi connectivity index (χ4v) is 4.06. The predicted octanol–water partition coefficient (Wildman–Crippen LogP) is 6.69. The van der Waals surface area contributed by atoms with E-state index in [4.69, 9.17) is 0 Å². The number of alkyl halides is 1. The van der Waals surface area contributed by atoms with Crippen LogP contribution in [0.2, 0.25) is 0 Å². The van der Waals surface area contributed by atoms with E-state index in [2.05, 4.69) is 18.8 Å². The van der Waals surface area contributed by atoms with E-state index in [1.165, 1.54) is 64.2 Å². The van der Waals surface area contributed by atoms with Gasteiger partial charge < -0.3 is 0 Å². The van der Waals surface area contributed by atoms with E-state index in [1.54, 1.807) is 0 Å². The maximum atomic E-state index is 13.1. The molecule has 2 aliphatic carbocycles. The lowest BCUT2D eigenvalue weighted by molar-refractivity contribution is 0.229. The first-order valence-electron chi connectivity index (χ1n) is 9.93. The van der Waals surface area contributed by atoms with E-state index in [1.807, 2.05) is 0 Å². The second-order valence-corrected chi connectivity index (χ2v) is 7.66. The van der Waals surface area contributed by atoms with Crippen molar-refractivity contribution in [2.24, 2.45) is 17.8 Å². The van der Waals surface area contributed by atoms with Crippen molar-refractivity contribution in [3.05, 3.63) is 0 Å². The molecule has 0 spiro atoms. The molecule has 0 heterocycles. The normalized spacial score (nSPS) is 32.3. The lowest BCUT2D eigenvalue weighted by Gasteiger charge is -2.26. The highest BCUT2D eigenvalue weighted by molar-refractivity contribution is 5.09. The third-order valence-corrected chi connectivity index (χ3v) is 5.71. The summed E-state index contributed by atoms with van der Waals surface area (Å²) in [6, 6.07) is 0. The van der Waals surface area contributed by atoms with Crippen molar-refractivity contribution in [1.29, 1.82) is 0 Å². The van der Waals surface area contributed by atoms with Crippen molar-refractivity contribution in [3.8, 4) is 11.8 Å². The van der Waals surface area contributed by atoms with Gasteiger partial charge in [0.1, 0.15) is 6.17 Å². The summed E-state index contributed by atoms with van der Waals surface area (Å²) < 4.78 is 13.1. The van der Waals surface area contributed by atoms with Crippen molar-refractivity contribution in [2.45, 2.75) is 103 Å². The van der Waals surface area contributed by atoms with Crippen LogP contribution in [-0.2, 0) is 0 Å². The fraction of sp³-hybridized carbons (Fsp3) is 0.905. The first kappa shape index (κ1) is 17.8. The Kier molecular flexibility index (Phi) is 8.35. The van der Waals surface area contributed by atoms with Gasteiger partial charge in [-0.2, -0.15) is 0 Å². The third-order valence-electron chi connectivity index (χ3n) is 5.71. The van der Waals surface area contributed by atoms with Crippen molar-refractivity contribution >= 4 is 0 Å². The van der Waals surface area contributed by atoms with Crippen molar-refractivity contribution in [2.75, 3.05) is 0 Å². The molecule has 0 aliphatic heterocycles. The van der Waals surface area contributed by atoms with Crippen molar-refractivity contribution < 1.29 is 4.39 Å². The summed E-state index contributed by atoms with van der Waals surface area (Å²) in [6.07, 6.45) is 16.8. The van der Waals surface area contributed by atoms with E-state index in [0.717, 1.165) is 31.6 Å². The zero-order valence-corrected chi connectivity index (χ0v) is 14.6. The molecule has 2 aliphatic rings. The summed E-state index contributed by atoms with van der Waals surface area (Å²) in [5, 5.41) is 0. The highest BCUT2D eigenvalue weighted by Crippen LogP contribution is 2.32. The molecule has 2 saturated carbocycles. The minimum Gasteiger partial charge on any atom is -0.247 e. The second-order valence-electron chi connectivity index (χ2n) is 7.66. The molecule has 2 fully saturated rings. The molecule has 0 aromatic carbocycles. The predicted molar refractivity (Wildman–Crippen MR) is 93.5 cm³/mol. The van der Waals surface area contributed by atoms with Crippen LogP contribution in [0.5, 0.6) is 0 Å². The SMILES string of the molecule is CCCCCCCC1CCC(C#CC2CCC(F)CC2)CC1. The lowest BCUT2D eigenvalue weighted by Crippen LogP contribution is -2.15. The summed E-state index contributed by atoms with van der Waals surface area (Å²) in [6.45, 7) is 2.28. The molecular formula is C21H35F. The molecule has 2 rings (SSSR count). The van der Waals surface area contributed by atoms with Crippen LogP contribution >= 0.6 is 0 Å². The molecular weight excluding hydrogens is 271 g/mol. The third kappa shape index (κ3) is 6.72. The molecule has 126 valence electrons. The van der Waals surface area contributed by atoms with Gasteiger partial charge in [0.2, 0.25) is 0 Å². The van der Waals surface area contributed by atoms with E-state index in [9.17, 15) is 4.39 Å². The van der Waals surface area contributed by atoms with Crippen LogP contribution in [0.15, 0.2) is 0 Å². The van der Waals surface area contributed by atoms with Crippen LogP contribution in [0.4, 0.5) is 4.39 Å². The number of halogens is 1. The molecule has 0 atom stereocenters. The Labute approximate surface area is 137 Å². The Balaban J connectivity index is 1.57. The van der Waals surface area contributed by atoms with Gasteiger partial charge >= 0.3 is 0 Å². The van der Waals surface area contributed by atoms with Gasteiger partial charge in [0.15, 0.2) is 0 Å². The van der Waals surface area contributed by atoms with Gasteiger partial charge in [-0.25, -0.2) is 4.39 Å². The highest BCUT2D eigenvalue weighted by atomic mass is 19.1. The molecule has 0 radical (unpaired) electrons. The van der Waals surface area contributed by atoms with Gasteiger partial charge in [-0.05, 0) is 57.3 Å². The van der Waals surface area contributed by atoms with Gasteiger partial charge in [0.05, 0.1) is 0 Å².